The summed E-state index contributed by atoms with van der Waals surface area (Å²) >= 11 is 6.04. The molecule has 0 aliphatic heterocycles. The van der Waals surface area contributed by atoms with Gasteiger partial charge in [-0.25, -0.2) is 8.42 Å². The van der Waals surface area contributed by atoms with Crippen LogP contribution in [-0.2, 0) is 16.3 Å². The van der Waals surface area contributed by atoms with Gasteiger partial charge in [0.15, 0.2) is 9.84 Å². The number of benzene rings is 2. The highest BCUT2D eigenvalue weighted by Crippen LogP contribution is 2.27. The van der Waals surface area contributed by atoms with Gasteiger partial charge in [-0.3, -0.25) is 0 Å². The van der Waals surface area contributed by atoms with Crippen LogP contribution in [0.5, 0.6) is 0 Å². The summed E-state index contributed by atoms with van der Waals surface area (Å²) in [6.07, 6.45) is 1.44. The molecule has 2 rings (SSSR count). The predicted molar refractivity (Wildman–Crippen MR) is 79.3 cm³/mol. The molecule has 0 aliphatic rings. The zero-order chi connectivity index (χ0) is 14.8. The maximum absolute atomic E-state index is 11.6. The van der Waals surface area contributed by atoms with Crippen LogP contribution in [0.1, 0.15) is 5.56 Å². The topological polar surface area (TPSA) is 57.9 Å². The molecule has 0 amide bonds. The minimum absolute atomic E-state index is 0.261. The summed E-state index contributed by atoms with van der Waals surface area (Å²) in [5.41, 5.74) is 2.36. The van der Waals surface area contributed by atoms with Crippen LogP contribution >= 0.6 is 11.6 Å². The van der Waals surface area contributed by atoms with Crippen molar-refractivity contribution in [3.8, 4) is 17.2 Å². The van der Waals surface area contributed by atoms with Gasteiger partial charge >= 0.3 is 0 Å². The highest BCUT2D eigenvalue weighted by molar-refractivity contribution is 7.90. The number of sulfone groups is 1. The van der Waals surface area contributed by atoms with Gasteiger partial charge in [0.1, 0.15) is 0 Å². The third kappa shape index (κ3) is 3.38. The fourth-order valence-electron chi connectivity index (χ4n) is 1.92. The van der Waals surface area contributed by atoms with Crippen molar-refractivity contribution in [2.45, 2.75) is 11.3 Å². The molecule has 102 valence electrons. The average molecular weight is 306 g/mol. The van der Waals surface area contributed by atoms with Crippen LogP contribution in [-0.4, -0.2) is 14.7 Å². The lowest BCUT2D eigenvalue weighted by Crippen LogP contribution is -1.96. The molecular weight excluding hydrogens is 294 g/mol. The van der Waals surface area contributed by atoms with E-state index < -0.39 is 9.84 Å². The summed E-state index contributed by atoms with van der Waals surface area (Å²) in [5.74, 6) is 0. The van der Waals surface area contributed by atoms with E-state index in [0.29, 0.717) is 5.02 Å². The van der Waals surface area contributed by atoms with E-state index in [4.69, 9.17) is 16.9 Å². The minimum atomic E-state index is -3.25. The van der Waals surface area contributed by atoms with Crippen molar-refractivity contribution in [2.24, 2.45) is 0 Å². The van der Waals surface area contributed by atoms with E-state index in [1.165, 1.54) is 6.26 Å². The van der Waals surface area contributed by atoms with Gasteiger partial charge in [0.05, 0.1) is 17.4 Å². The van der Waals surface area contributed by atoms with Gasteiger partial charge in [-0.05, 0) is 41.0 Å². The molecule has 20 heavy (non-hydrogen) atoms. The molecule has 0 saturated heterocycles. The predicted octanol–water partition coefficient (Wildman–Crippen LogP) is 3.48. The molecule has 2 aromatic carbocycles. The molecule has 0 spiro atoms. The van der Waals surface area contributed by atoms with Gasteiger partial charge in [0.25, 0.3) is 0 Å². The second kappa shape index (κ2) is 5.66. The molecule has 3 nitrogen and oxygen atoms in total. The average Bonchev–Trinajstić information content (AvgIpc) is 2.37. The zero-order valence-electron chi connectivity index (χ0n) is 10.8. The summed E-state index contributed by atoms with van der Waals surface area (Å²) in [5, 5.41) is 9.28. The summed E-state index contributed by atoms with van der Waals surface area (Å²) in [6, 6.07) is 14.1. The van der Waals surface area contributed by atoms with Gasteiger partial charge in [-0.2, -0.15) is 5.26 Å². The van der Waals surface area contributed by atoms with E-state index >= 15 is 0 Å². The number of nitrogens with zero attached hydrogens (tertiary/aromatic N) is 1. The Labute approximate surface area is 123 Å². The second-order valence-electron chi connectivity index (χ2n) is 4.48. The molecule has 0 N–H and O–H groups in total. The van der Waals surface area contributed by atoms with Gasteiger partial charge in [-0.15, -0.1) is 0 Å². The van der Waals surface area contributed by atoms with Crippen molar-refractivity contribution in [2.75, 3.05) is 6.26 Å². The Kier molecular flexibility index (Phi) is 4.12. The smallest absolute Gasteiger partial charge is 0.175 e. The third-order valence-electron chi connectivity index (χ3n) is 2.84. The Bertz CT molecular complexity index is 792. The van der Waals surface area contributed by atoms with E-state index in [9.17, 15) is 8.42 Å². The first-order valence-electron chi connectivity index (χ1n) is 5.87. The number of halogens is 1. The van der Waals surface area contributed by atoms with E-state index in [1.807, 2.05) is 12.1 Å². The molecule has 0 unspecified atom stereocenters. The Morgan fingerprint density at radius 2 is 1.90 bits per heavy atom. The zero-order valence-corrected chi connectivity index (χ0v) is 12.4. The van der Waals surface area contributed by atoms with E-state index in [2.05, 4.69) is 6.07 Å². The van der Waals surface area contributed by atoms with Gasteiger partial charge in [-0.1, -0.05) is 29.8 Å². The van der Waals surface area contributed by atoms with Crippen LogP contribution in [0.2, 0.25) is 5.02 Å². The molecule has 5 heteroatoms. The lowest BCUT2D eigenvalue weighted by Gasteiger charge is -2.07. The standard InChI is InChI=1S/C15H12ClNO2S/c1-20(18,19)15-4-2-3-12(10-15)13-7-11(5-6-17)8-14(16)9-13/h2-4,7-10H,5H2,1H3. The lowest BCUT2D eigenvalue weighted by molar-refractivity contribution is 0.602. The molecule has 0 atom stereocenters. The Hall–Kier alpha value is -1.83. The summed E-state index contributed by atoms with van der Waals surface area (Å²) < 4.78 is 23.2. The number of nitriles is 1. The molecule has 0 bridgehead atoms. The lowest BCUT2D eigenvalue weighted by atomic mass is 10.0. The first-order valence-corrected chi connectivity index (χ1v) is 8.14. The molecule has 0 fully saturated rings. The first-order chi connectivity index (χ1) is 9.40. The SMILES string of the molecule is CS(=O)(=O)c1cccc(-c2cc(Cl)cc(CC#N)c2)c1. The molecule has 2 aromatic rings. The summed E-state index contributed by atoms with van der Waals surface area (Å²) in [4.78, 5) is 0.261. The fourth-order valence-corrected chi connectivity index (χ4v) is 2.84. The molecule has 0 aliphatic carbocycles. The highest BCUT2D eigenvalue weighted by Gasteiger charge is 2.09. The van der Waals surface area contributed by atoms with Crippen molar-refractivity contribution in [3.63, 3.8) is 0 Å². The Morgan fingerprint density at radius 3 is 2.55 bits per heavy atom. The van der Waals surface area contributed by atoms with Crippen LogP contribution in [0.15, 0.2) is 47.4 Å². The fraction of sp³-hybridized carbons (Fsp3) is 0.133. The van der Waals surface area contributed by atoms with E-state index in [1.54, 1.807) is 30.3 Å². The summed E-state index contributed by atoms with van der Waals surface area (Å²) in [6.45, 7) is 0. The quantitative estimate of drug-likeness (QED) is 0.872. The molecular formula is C15H12ClNO2S. The summed E-state index contributed by atoms with van der Waals surface area (Å²) in [7, 11) is -3.25. The molecule has 0 aromatic heterocycles. The maximum atomic E-state index is 11.6. The van der Waals surface area contributed by atoms with Crippen molar-refractivity contribution in [1.82, 2.24) is 0 Å². The van der Waals surface area contributed by atoms with Gasteiger partial charge in [0, 0.05) is 11.3 Å². The molecule has 0 heterocycles. The number of rotatable bonds is 3. The van der Waals surface area contributed by atoms with Crippen molar-refractivity contribution in [1.29, 1.82) is 5.26 Å². The number of hydrogen-bond acceptors (Lipinski definition) is 3. The monoisotopic (exact) mass is 305 g/mol. The van der Waals surface area contributed by atoms with E-state index in [0.717, 1.165) is 16.7 Å². The van der Waals surface area contributed by atoms with Crippen LogP contribution in [0.4, 0.5) is 0 Å². The van der Waals surface area contributed by atoms with Crippen LogP contribution < -0.4 is 0 Å². The highest BCUT2D eigenvalue weighted by atomic mass is 35.5. The normalized spacial score (nSPS) is 11.1. The van der Waals surface area contributed by atoms with Crippen LogP contribution in [0.3, 0.4) is 0 Å². The van der Waals surface area contributed by atoms with Crippen molar-refractivity contribution < 1.29 is 8.42 Å². The number of hydrogen-bond donors (Lipinski definition) is 0. The second-order valence-corrected chi connectivity index (χ2v) is 6.94. The molecule has 0 saturated carbocycles. The minimum Gasteiger partial charge on any atom is -0.224 e. The van der Waals surface area contributed by atoms with E-state index in [-0.39, 0.29) is 11.3 Å². The molecule has 0 radical (unpaired) electrons. The largest absolute Gasteiger partial charge is 0.224 e. The van der Waals surface area contributed by atoms with Crippen molar-refractivity contribution >= 4 is 21.4 Å². The third-order valence-corrected chi connectivity index (χ3v) is 4.16. The Morgan fingerprint density at radius 1 is 1.15 bits per heavy atom. The van der Waals surface area contributed by atoms with Gasteiger partial charge < -0.3 is 0 Å². The first kappa shape index (κ1) is 14.6. The maximum Gasteiger partial charge on any atom is 0.175 e. The van der Waals surface area contributed by atoms with Crippen LogP contribution in [0.25, 0.3) is 11.1 Å². The Balaban J connectivity index is 2.55. The van der Waals surface area contributed by atoms with Crippen LogP contribution in [0, 0.1) is 11.3 Å². The van der Waals surface area contributed by atoms with Gasteiger partial charge in [0.2, 0.25) is 0 Å². The van der Waals surface area contributed by atoms with Crippen molar-refractivity contribution in [3.05, 3.63) is 53.1 Å².